The maximum absolute atomic E-state index is 10.6. The fraction of sp³-hybridized carbons (Fsp3) is 0.154. The van der Waals surface area contributed by atoms with E-state index in [0.29, 0.717) is 23.2 Å². The number of halogens is 1. The predicted octanol–water partition coefficient (Wildman–Crippen LogP) is 2.29. The zero-order chi connectivity index (χ0) is 15.7. The van der Waals surface area contributed by atoms with Gasteiger partial charge in [0.05, 0.1) is 6.54 Å². The van der Waals surface area contributed by atoms with Crippen LogP contribution in [0.4, 0.5) is 5.82 Å². The van der Waals surface area contributed by atoms with Gasteiger partial charge in [0.2, 0.25) is 6.33 Å². The average molecular weight is 319 g/mol. The number of hydrogen-bond acceptors (Lipinski definition) is 5. The molecule has 0 unspecified atom stereocenters. The van der Waals surface area contributed by atoms with Crippen molar-refractivity contribution in [3.63, 3.8) is 0 Å². The summed E-state index contributed by atoms with van der Waals surface area (Å²) in [4.78, 5) is 13.8. The largest absolute Gasteiger partial charge is 0.381 e. The average Bonchev–Trinajstić information content (AvgIpc) is 3.09. The minimum Gasteiger partial charge on any atom is -0.358 e. The topological polar surface area (TPSA) is 91.7 Å². The van der Waals surface area contributed by atoms with Gasteiger partial charge in [-0.15, -0.1) is 10.2 Å². The molecule has 8 nitrogen and oxygen atoms in total. The van der Waals surface area contributed by atoms with E-state index in [2.05, 4.69) is 15.2 Å². The number of imidazole rings is 1. The molecule has 0 N–H and O–H groups in total. The Labute approximate surface area is 130 Å². The van der Waals surface area contributed by atoms with Gasteiger partial charge in [-0.2, -0.15) is 0 Å². The highest BCUT2D eigenvalue weighted by Crippen LogP contribution is 2.20. The number of benzene rings is 1. The van der Waals surface area contributed by atoms with Crippen molar-refractivity contribution in [3.8, 4) is 11.4 Å². The van der Waals surface area contributed by atoms with Gasteiger partial charge in [0, 0.05) is 17.6 Å². The van der Waals surface area contributed by atoms with E-state index in [9.17, 15) is 10.1 Å². The van der Waals surface area contributed by atoms with Gasteiger partial charge >= 0.3 is 5.82 Å². The summed E-state index contributed by atoms with van der Waals surface area (Å²) in [6.45, 7) is 0.345. The van der Waals surface area contributed by atoms with Crippen LogP contribution < -0.4 is 0 Å². The standard InChI is InChI=1S/C13H11ClN6O2/c1-18-12(7-19-6-11(15-8-19)20(21)22)16-17-13(18)9-2-4-10(14)5-3-9/h2-6,8H,7H2,1H3. The molecule has 0 aliphatic heterocycles. The number of aromatic nitrogens is 5. The van der Waals surface area contributed by atoms with Crippen molar-refractivity contribution >= 4 is 17.4 Å². The van der Waals surface area contributed by atoms with Crippen LogP contribution in [0.1, 0.15) is 5.82 Å². The first kappa shape index (κ1) is 14.2. The zero-order valence-corrected chi connectivity index (χ0v) is 12.3. The normalized spacial score (nSPS) is 10.8. The van der Waals surface area contributed by atoms with Gasteiger partial charge in [0.25, 0.3) is 0 Å². The molecule has 3 rings (SSSR count). The number of nitro groups is 1. The summed E-state index contributed by atoms with van der Waals surface area (Å²) in [6, 6.07) is 7.28. The van der Waals surface area contributed by atoms with Crippen molar-refractivity contribution in [2.24, 2.45) is 7.05 Å². The SMILES string of the molecule is Cn1c(Cn2cnc([N+](=O)[O-])c2)nnc1-c1ccc(Cl)cc1. The summed E-state index contributed by atoms with van der Waals surface area (Å²) >= 11 is 5.87. The Hall–Kier alpha value is -2.74. The lowest BCUT2D eigenvalue weighted by atomic mass is 10.2. The lowest BCUT2D eigenvalue weighted by molar-refractivity contribution is -0.389. The third-order valence-corrected chi connectivity index (χ3v) is 3.45. The molecule has 0 amide bonds. The van der Waals surface area contributed by atoms with Crippen LogP contribution in [0.2, 0.25) is 5.02 Å². The maximum Gasteiger partial charge on any atom is 0.381 e. The minimum atomic E-state index is -0.535. The van der Waals surface area contributed by atoms with Gasteiger partial charge in [0.15, 0.2) is 11.6 Å². The van der Waals surface area contributed by atoms with E-state index in [1.54, 1.807) is 16.7 Å². The third kappa shape index (κ3) is 2.68. The van der Waals surface area contributed by atoms with Crippen LogP contribution in [-0.2, 0) is 13.6 Å². The molecule has 3 aromatic rings. The predicted molar refractivity (Wildman–Crippen MR) is 79.4 cm³/mol. The smallest absolute Gasteiger partial charge is 0.358 e. The summed E-state index contributed by atoms with van der Waals surface area (Å²) in [7, 11) is 1.84. The van der Waals surface area contributed by atoms with E-state index < -0.39 is 4.92 Å². The van der Waals surface area contributed by atoms with Gasteiger partial charge in [-0.1, -0.05) is 11.6 Å². The Morgan fingerprint density at radius 2 is 2.00 bits per heavy atom. The summed E-state index contributed by atoms with van der Waals surface area (Å²) in [5.41, 5.74) is 0.891. The van der Waals surface area contributed by atoms with Crippen LogP contribution in [-0.4, -0.2) is 29.2 Å². The number of nitrogens with zero attached hydrogens (tertiary/aromatic N) is 6. The molecular weight excluding hydrogens is 308 g/mol. The highest BCUT2D eigenvalue weighted by atomic mass is 35.5. The third-order valence-electron chi connectivity index (χ3n) is 3.20. The quantitative estimate of drug-likeness (QED) is 0.543. The molecule has 0 saturated heterocycles. The Morgan fingerprint density at radius 3 is 2.64 bits per heavy atom. The molecule has 0 saturated carbocycles. The number of hydrogen-bond donors (Lipinski definition) is 0. The van der Waals surface area contributed by atoms with Crippen molar-refractivity contribution in [2.45, 2.75) is 6.54 Å². The van der Waals surface area contributed by atoms with Crippen molar-refractivity contribution in [3.05, 3.63) is 57.8 Å². The highest BCUT2D eigenvalue weighted by molar-refractivity contribution is 6.30. The van der Waals surface area contributed by atoms with E-state index >= 15 is 0 Å². The van der Waals surface area contributed by atoms with Gasteiger partial charge in [-0.05, 0) is 34.2 Å². The first-order valence-corrected chi connectivity index (χ1v) is 6.73. The molecule has 0 fully saturated rings. The highest BCUT2D eigenvalue weighted by Gasteiger charge is 2.14. The van der Waals surface area contributed by atoms with Crippen LogP contribution in [0.15, 0.2) is 36.8 Å². The summed E-state index contributed by atoms with van der Waals surface area (Å²) in [5, 5.41) is 19.6. The second kappa shape index (κ2) is 5.57. The first-order valence-electron chi connectivity index (χ1n) is 6.35. The lowest BCUT2D eigenvalue weighted by Crippen LogP contribution is -2.05. The Bertz CT molecular complexity index is 823. The fourth-order valence-corrected chi connectivity index (χ4v) is 2.17. The van der Waals surface area contributed by atoms with E-state index in [1.807, 2.05) is 23.7 Å². The molecule has 0 aliphatic rings. The molecule has 0 atom stereocenters. The molecule has 1 aromatic carbocycles. The lowest BCUT2D eigenvalue weighted by Gasteiger charge is -2.04. The Kier molecular flexibility index (Phi) is 3.60. The van der Waals surface area contributed by atoms with E-state index in [-0.39, 0.29) is 5.82 Å². The van der Waals surface area contributed by atoms with E-state index in [1.165, 1.54) is 12.5 Å². The molecule has 0 spiro atoms. The fourth-order valence-electron chi connectivity index (χ4n) is 2.04. The van der Waals surface area contributed by atoms with Crippen LogP contribution in [0.25, 0.3) is 11.4 Å². The molecule has 0 bridgehead atoms. The first-order chi connectivity index (χ1) is 10.5. The monoisotopic (exact) mass is 318 g/mol. The summed E-state index contributed by atoms with van der Waals surface area (Å²) < 4.78 is 3.42. The van der Waals surface area contributed by atoms with E-state index in [4.69, 9.17) is 11.6 Å². The van der Waals surface area contributed by atoms with Gasteiger partial charge < -0.3 is 19.2 Å². The van der Waals surface area contributed by atoms with Crippen LogP contribution in [0.5, 0.6) is 0 Å². The molecule has 22 heavy (non-hydrogen) atoms. The Balaban J connectivity index is 1.86. The van der Waals surface area contributed by atoms with Crippen molar-refractivity contribution in [1.29, 1.82) is 0 Å². The molecule has 0 radical (unpaired) electrons. The van der Waals surface area contributed by atoms with Crippen LogP contribution in [0, 0.1) is 10.1 Å². The zero-order valence-electron chi connectivity index (χ0n) is 11.5. The molecular formula is C13H11ClN6O2. The van der Waals surface area contributed by atoms with Gasteiger partial charge in [-0.3, -0.25) is 0 Å². The number of rotatable bonds is 4. The molecule has 2 heterocycles. The molecule has 9 heteroatoms. The van der Waals surface area contributed by atoms with Crippen molar-refractivity contribution in [2.75, 3.05) is 0 Å². The van der Waals surface area contributed by atoms with Gasteiger partial charge in [-0.25, -0.2) is 0 Å². The van der Waals surface area contributed by atoms with E-state index in [0.717, 1.165) is 5.56 Å². The van der Waals surface area contributed by atoms with Crippen molar-refractivity contribution in [1.82, 2.24) is 24.3 Å². The minimum absolute atomic E-state index is 0.194. The van der Waals surface area contributed by atoms with Crippen LogP contribution in [0.3, 0.4) is 0 Å². The van der Waals surface area contributed by atoms with Crippen molar-refractivity contribution < 1.29 is 4.92 Å². The second-order valence-electron chi connectivity index (χ2n) is 4.67. The molecule has 2 aromatic heterocycles. The summed E-state index contributed by atoms with van der Waals surface area (Å²) in [6.07, 6.45) is 2.76. The van der Waals surface area contributed by atoms with Crippen LogP contribution >= 0.6 is 11.6 Å². The van der Waals surface area contributed by atoms with Gasteiger partial charge in [0.1, 0.15) is 6.20 Å². The summed E-state index contributed by atoms with van der Waals surface area (Å²) in [5.74, 6) is 1.17. The Morgan fingerprint density at radius 1 is 1.27 bits per heavy atom. The molecule has 112 valence electrons. The second-order valence-corrected chi connectivity index (χ2v) is 5.10. The molecule has 0 aliphatic carbocycles. The maximum atomic E-state index is 10.6.